The zero-order valence-electron chi connectivity index (χ0n) is 11.9. The van der Waals surface area contributed by atoms with E-state index in [1.165, 1.54) is 7.11 Å². The van der Waals surface area contributed by atoms with E-state index >= 15 is 0 Å². The fourth-order valence-electron chi connectivity index (χ4n) is 1.94. The molecule has 6 nitrogen and oxygen atoms in total. The van der Waals surface area contributed by atoms with Gasteiger partial charge >= 0.3 is 0 Å². The van der Waals surface area contributed by atoms with Crippen LogP contribution in [0.15, 0.2) is 30.3 Å². The molecule has 1 aromatic rings. The Morgan fingerprint density at radius 1 is 1.38 bits per heavy atom. The van der Waals surface area contributed by atoms with Crippen LogP contribution in [0.1, 0.15) is 30.9 Å². The number of nitrogens with zero attached hydrogens (tertiary/aromatic N) is 1. The second-order valence-electron chi connectivity index (χ2n) is 4.54. The topological polar surface area (TPSA) is 105 Å². The van der Waals surface area contributed by atoms with Crippen molar-refractivity contribution in [1.82, 2.24) is 5.32 Å². The van der Waals surface area contributed by atoms with Gasteiger partial charge in [0, 0.05) is 13.5 Å². The van der Waals surface area contributed by atoms with Gasteiger partial charge in [0.25, 0.3) is 5.91 Å². The Labute approximate surface area is 123 Å². The maximum Gasteiger partial charge on any atom is 0.254 e. The molecule has 21 heavy (non-hydrogen) atoms. The van der Waals surface area contributed by atoms with Crippen molar-refractivity contribution in [1.29, 1.82) is 5.26 Å². The van der Waals surface area contributed by atoms with Gasteiger partial charge in [0.05, 0.1) is 6.07 Å². The molecule has 0 fully saturated rings. The van der Waals surface area contributed by atoms with Gasteiger partial charge in [-0.25, -0.2) is 0 Å². The highest BCUT2D eigenvalue weighted by molar-refractivity contribution is 5.89. The number of methoxy groups -OCH3 is 1. The van der Waals surface area contributed by atoms with Crippen molar-refractivity contribution in [3.05, 3.63) is 35.9 Å². The van der Waals surface area contributed by atoms with Crippen molar-refractivity contribution in [2.24, 2.45) is 5.73 Å². The number of hydrogen-bond donors (Lipinski definition) is 2. The summed E-state index contributed by atoms with van der Waals surface area (Å²) in [6.07, 6.45) is 0.336. The van der Waals surface area contributed by atoms with Crippen molar-refractivity contribution < 1.29 is 14.3 Å². The van der Waals surface area contributed by atoms with Gasteiger partial charge in [-0.2, -0.15) is 5.26 Å². The lowest BCUT2D eigenvalue weighted by molar-refractivity contribution is -0.135. The number of amides is 2. The molecule has 0 unspecified atom stereocenters. The molecular formula is C15H19N3O3. The molecule has 2 amide bonds. The molecule has 1 aromatic carbocycles. The van der Waals surface area contributed by atoms with E-state index in [1.807, 2.05) is 12.1 Å². The summed E-state index contributed by atoms with van der Waals surface area (Å²) in [7, 11) is 1.42. The molecule has 0 aromatic heterocycles. The van der Waals surface area contributed by atoms with E-state index in [-0.39, 0.29) is 0 Å². The number of ether oxygens (including phenoxy) is 1. The van der Waals surface area contributed by atoms with Gasteiger partial charge in [0.1, 0.15) is 6.04 Å². The van der Waals surface area contributed by atoms with E-state index in [1.54, 1.807) is 24.3 Å². The van der Waals surface area contributed by atoms with Gasteiger partial charge in [0.2, 0.25) is 5.91 Å². The van der Waals surface area contributed by atoms with Crippen LogP contribution >= 0.6 is 0 Å². The zero-order chi connectivity index (χ0) is 15.7. The maximum absolute atomic E-state index is 12.2. The summed E-state index contributed by atoms with van der Waals surface area (Å²) in [6.45, 7) is 0. The summed E-state index contributed by atoms with van der Waals surface area (Å²) in [5, 5.41) is 11.1. The van der Waals surface area contributed by atoms with E-state index in [2.05, 4.69) is 5.32 Å². The second kappa shape index (κ2) is 8.72. The number of rotatable bonds is 8. The Balaban J connectivity index is 2.71. The third kappa shape index (κ3) is 5.24. The lowest BCUT2D eigenvalue weighted by Gasteiger charge is -2.20. The summed E-state index contributed by atoms with van der Waals surface area (Å²) in [5.74, 6) is -1.05. The SMILES string of the molecule is CO[C@H](C(=O)N[C@H](CCCC#N)C(N)=O)c1ccccc1. The number of carbonyl (C=O) groups is 2. The van der Waals surface area contributed by atoms with Gasteiger partial charge in [0.15, 0.2) is 6.10 Å². The second-order valence-corrected chi connectivity index (χ2v) is 4.54. The predicted molar refractivity (Wildman–Crippen MR) is 76.8 cm³/mol. The van der Waals surface area contributed by atoms with Crippen LogP contribution in [0.25, 0.3) is 0 Å². The number of hydrogen-bond acceptors (Lipinski definition) is 4. The molecule has 0 saturated heterocycles. The first-order valence-corrected chi connectivity index (χ1v) is 6.64. The van der Waals surface area contributed by atoms with E-state index in [4.69, 9.17) is 15.7 Å². The number of nitrogens with two attached hydrogens (primary N) is 1. The number of benzene rings is 1. The molecule has 0 aliphatic heterocycles. The highest BCUT2D eigenvalue weighted by Gasteiger charge is 2.24. The average molecular weight is 289 g/mol. The van der Waals surface area contributed by atoms with Crippen LogP contribution in [0.4, 0.5) is 0 Å². The first kappa shape index (κ1) is 16.7. The number of unbranched alkanes of at least 4 members (excludes halogenated alkanes) is 1. The van der Waals surface area contributed by atoms with Gasteiger partial charge in [-0.1, -0.05) is 30.3 Å². The molecule has 0 saturated carbocycles. The molecule has 0 radical (unpaired) electrons. The summed E-state index contributed by atoms with van der Waals surface area (Å²) in [4.78, 5) is 23.6. The van der Waals surface area contributed by atoms with E-state index in [9.17, 15) is 9.59 Å². The number of nitrogens with one attached hydrogen (secondary N) is 1. The Morgan fingerprint density at radius 3 is 2.57 bits per heavy atom. The van der Waals surface area contributed by atoms with Gasteiger partial charge in [-0.3, -0.25) is 9.59 Å². The third-order valence-electron chi connectivity index (χ3n) is 3.02. The Hall–Kier alpha value is -2.39. The third-order valence-corrected chi connectivity index (χ3v) is 3.02. The van der Waals surface area contributed by atoms with E-state index < -0.39 is 24.0 Å². The van der Waals surface area contributed by atoms with Crippen LogP contribution in [0.5, 0.6) is 0 Å². The fraction of sp³-hybridized carbons (Fsp3) is 0.400. The molecule has 0 aliphatic carbocycles. The average Bonchev–Trinajstić information content (AvgIpc) is 2.48. The van der Waals surface area contributed by atoms with Crippen molar-refractivity contribution in [2.45, 2.75) is 31.4 Å². The molecule has 0 heterocycles. The maximum atomic E-state index is 12.2. The highest BCUT2D eigenvalue weighted by Crippen LogP contribution is 2.16. The monoisotopic (exact) mass is 289 g/mol. The predicted octanol–water partition coefficient (Wildman–Crippen LogP) is 1.04. The summed E-state index contributed by atoms with van der Waals surface area (Å²) < 4.78 is 5.19. The van der Waals surface area contributed by atoms with Gasteiger partial charge < -0.3 is 15.8 Å². The van der Waals surface area contributed by atoms with Crippen LogP contribution in [0.3, 0.4) is 0 Å². The molecule has 112 valence electrons. The first-order valence-electron chi connectivity index (χ1n) is 6.64. The lowest BCUT2D eigenvalue weighted by Crippen LogP contribution is -2.46. The molecular weight excluding hydrogens is 270 g/mol. The Morgan fingerprint density at radius 2 is 2.05 bits per heavy atom. The number of carbonyl (C=O) groups excluding carboxylic acids is 2. The van der Waals surface area contributed by atoms with Gasteiger partial charge in [-0.05, 0) is 18.4 Å². The molecule has 0 bridgehead atoms. The zero-order valence-corrected chi connectivity index (χ0v) is 11.9. The molecule has 6 heteroatoms. The standard InChI is InChI=1S/C15H19N3O3/c1-21-13(11-7-3-2-4-8-11)15(20)18-12(14(17)19)9-5-6-10-16/h2-4,7-8,12-13H,5-6,9H2,1H3,(H2,17,19)(H,18,20)/t12-,13+/m1/s1. The van der Waals surface area contributed by atoms with Crippen LogP contribution in [0, 0.1) is 11.3 Å². The summed E-state index contributed by atoms with van der Waals surface area (Å²) in [5.41, 5.74) is 5.96. The quantitative estimate of drug-likeness (QED) is 0.697. The minimum Gasteiger partial charge on any atom is -0.368 e. The Bertz CT molecular complexity index is 511. The van der Waals surface area contributed by atoms with Crippen LogP contribution < -0.4 is 11.1 Å². The molecule has 0 spiro atoms. The van der Waals surface area contributed by atoms with E-state index in [0.29, 0.717) is 24.8 Å². The minimum atomic E-state index is -0.802. The van der Waals surface area contributed by atoms with Crippen LogP contribution in [-0.4, -0.2) is 25.0 Å². The largest absolute Gasteiger partial charge is 0.368 e. The summed E-state index contributed by atoms with van der Waals surface area (Å²) >= 11 is 0. The summed E-state index contributed by atoms with van der Waals surface area (Å²) in [6, 6.07) is 10.2. The smallest absolute Gasteiger partial charge is 0.254 e. The van der Waals surface area contributed by atoms with Crippen LogP contribution in [0.2, 0.25) is 0 Å². The van der Waals surface area contributed by atoms with E-state index in [0.717, 1.165) is 0 Å². The molecule has 1 rings (SSSR count). The number of nitriles is 1. The van der Waals surface area contributed by atoms with Crippen molar-refractivity contribution in [3.8, 4) is 6.07 Å². The number of primary amides is 1. The molecule has 2 atom stereocenters. The lowest BCUT2D eigenvalue weighted by atomic mass is 10.1. The van der Waals surface area contributed by atoms with Crippen LogP contribution in [-0.2, 0) is 14.3 Å². The fourth-order valence-corrected chi connectivity index (χ4v) is 1.94. The van der Waals surface area contributed by atoms with Gasteiger partial charge in [-0.15, -0.1) is 0 Å². The normalized spacial score (nSPS) is 13.0. The highest BCUT2D eigenvalue weighted by atomic mass is 16.5. The van der Waals surface area contributed by atoms with Crippen molar-refractivity contribution in [3.63, 3.8) is 0 Å². The van der Waals surface area contributed by atoms with Crippen molar-refractivity contribution >= 4 is 11.8 Å². The molecule has 3 N–H and O–H groups in total. The molecule has 0 aliphatic rings. The Kier molecular flexibility index (Phi) is 6.92. The first-order chi connectivity index (χ1) is 10.1. The van der Waals surface area contributed by atoms with Crippen molar-refractivity contribution in [2.75, 3.05) is 7.11 Å². The minimum absolute atomic E-state index is 0.312.